The standard InChI is InChI=1S/C21H17F3N2O2/c1-14(26-13-16(21(22,23)24)11-12-19(26)27)20(28)25-18-10-6-5-9-17(18)15-7-3-2-4-8-15/h2-14H,1H3,(H,25,28). The lowest BCUT2D eigenvalue weighted by Gasteiger charge is -2.18. The molecule has 0 saturated carbocycles. The predicted octanol–water partition coefficient (Wildman–Crippen LogP) is 4.73. The van der Waals surface area contributed by atoms with Crippen LogP contribution >= 0.6 is 0 Å². The van der Waals surface area contributed by atoms with E-state index < -0.39 is 29.2 Å². The molecule has 0 aliphatic rings. The van der Waals surface area contributed by atoms with E-state index in [-0.39, 0.29) is 0 Å². The number of halogens is 3. The minimum absolute atomic E-state index is 0.505. The third kappa shape index (κ3) is 4.14. The van der Waals surface area contributed by atoms with Gasteiger partial charge in [-0.25, -0.2) is 0 Å². The molecule has 4 nitrogen and oxygen atoms in total. The van der Waals surface area contributed by atoms with Crippen LogP contribution in [0.1, 0.15) is 18.5 Å². The lowest BCUT2D eigenvalue weighted by atomic mass is 10.0. The molecule has 0 radical (unpaired) electrons. The molecule has 7 heteroatoms. The highest BCUT2D eigenvalue weighted by molar-refractivity contribution is 5.97. The van der Waals surface area contributed by atoms with Gasteiger partial charge in [0.1, 0.15) is 6.04 Å². The number of carbonyl (C=O) groups excluding carboxylic acids is 1. The minimum Gasteiger partial charge on any atom is -0.324 e. The van der Waals surface area contributed by atoms with Gasteiger partial charge in [-0.2, -0.15) is 13.2 Å². The van der Waals surface area contributed by atoms with Crippen LogP contribution in [0.3, 0.4) is 0 Å². The first-order chi connectivity index (χ1) is 13.3. The fourth-order valence-electron chi connectivity index (χ4n) is 2.80. The lowest BCUT2D eigenvalue weighted by molar-refractivity contribution is -0.138. The SMILES string of the molecule is CC(C(=O)Nc1ccccc1-c1ccccc1)n1cc(C(F)(F)F)ccc1=O. The van der Waals surface area contributed by atoms with Gasteiger partial charge in [0.15, 0.2) is 0 Å². The van der Waals surface area contributed by atoms with Crippen molar-refractivity contribution in [3.63, 3.8) is 0 Å². The van der Waals surface area contributed by atoms with E-state index in [1.165, 1.54) is 6.92 Å². The third-order valence-electron chi connectivity index (χ3n) is 4.33. The summed E-state index contributed by atoms with van der Waals surface area (Å²) in [6.07, 6.45) is -3.94. The van der Waals surface area contributed by atoms with Crippen molar-refractivity contribution >= 4 is 11.6 Å². The number of aromatic nitrogens is 1. The van der Waals surface area contributed by atoms with E-state index in [0.717, 1.165) is 21.8 Å². The van der Waals surface area contributed by atoms with Crippen molar-refractivity contribution in [1.29, 1.82) is 0 Å². The van der Waals surface area contributed by atoms with Crippen molar-refractivity contribution in [2.75, 3.05) is 5.32 Å². The van der Waals surface area contributed by atoms with Crippen molar-refractivity contribution in [2.45, 2.75) is 19.1 Å². The topological polar surface area (TPSA) is 51.1 Å². The first kappa shape index (κ1) is 19.4. The number of para-hydroxylation sites is 1. The maximum absolute atomic E-state index is 12.9. The van der Waals surface area contributed by atoms with Crippen molar-refractivity contribution in [1.82, 2.24) is 4.57 Å². The Labute approximate surface area is 159 Å². The van der Waals surface area contributed by atoms with Crippen molar-refractivity contribution in [3.8, 4) is 11.1 Å². The number of hydrogen-bond acceptors (Lipinski definition) is 2. The Morgan fingerprint density at radius 1 is 0.964 bits per heavy atom. The number of amides is 1. The van der Waals surface area contributed by atoms with Gasteiger partial charge in [0, 0.05) is 23.5 Å². The molecule has 144 valence electrons. The van der Waals surface area contributed by atoms with Gasteiger partial charge in [-0.15, -0.1) is 0 Å². The highest BCUT2D eigenvalue weighted by Gasteiger charge is 2.32. The molecular weight excluding hydrogens is 369 g/mol. The van der Waals surface area contributed by atoms with Gasteiger partial charge in [0.05, 0.1) is 5.56 Å². The average molecular weight is 386 g/mol. The summed E-state index contributed by atoms with van der Waals surface area (Å²) >= 11 is 0. The molecule has 1 unspecified atom stereocenters. The monoisotopic (exact) mass is 386 g/mol. The van der Waals surface area contributed by atoms with Gasteiger partial charge in [-0.05, 0) is 24.6 Å². The first-order valence-electron chi connectivity index (χ1n) is 8.52. The fraction of sp³-hybridized carbons (Fsp3) is 0.143. The van der Waals surface area contributed by atoms with E-state index in [2.05, 4.69) is 5.32 Å². The lowest BCUT2D eigenvalue weighted by Crippen LogP contribution is -2.32. The molecule has 1 amide bonds. The number of anilines is 1. The van der Waals surface area contributed by atoms with E-state index in [1.54, 1.807) is 12.1 Å². The Hall–Kier alpha value is -3.35. The molecule has 1 N–H and O–H groups in total. The quantitative estimate of drug-likeness (QED) is 0.705. The highest BCUT2D eigenvalue weighted by Crippen LogP contribution is 2.30. The summed E-state index contributed by atoms with van der Waals surface area (Å²) < 4.78 is 39.6. The van der Waals surface area contributed by atoms with Gasteiger partial charge in [-0.3, -0.25) is 9.59 Å². The number of benzene rings is 2. The molecule has 0 aliphatic carbocycles. The van der Waals surface area contributed by atoms with E-state index in [0.29, 0.717) is 18.0 Å². The Morgan fingerprint density at radius 2 is 1.61 bits per heavy atom. The Balaban J connectivity index is 1.90. The smallest absolute Gasteiger partial charge is 0.324 e. The second kappa shape index (κ2) is 7.72. The number of nitrogens with zero attached hydrogens (tertiary/aromatic N) is 1. The van der Waals surface area contributed by atoms with Gasteiger partial charge in [-0.1, -0.05) is 48.5 Å². The second-order valence-electron chi connectivity index (χ2n) is 6.24. The molecule has 1 aromatic heterocycles. The second-order valence-corrected chi connectivity index (χ2v) is 6.24. The highest BCUT2D eigenvalue weighted by atomic mass is 19.4. The summed E-state index contributed by atoms with van der Waals surface area (Å²) in [5, 5.41) is 2.71. The third-order valence-corrected chi connectivity index (χ3v) is 4.33. The van der Waals surface area contributed by atoms with Crippen LogP contribution in [0.4, 0.5) is 18.9 Å². The minimum atomic E-state index is -4.61. The Kier molecular flexibility index (Phi) is 5.35. The number of alkyl halides is 3. The molecule has 2 aromatic carbocycles. The van der Waals surface area contributed by atoms with Gasteiger partial charge >= 0.3 is 6.18 Å². The number of carbonyl (C=O) groups is 1. The van der Waals surface area contributed by atoms with Crippen LogP contribution in [0.25, 0.3) is 11.1 Å². The Bertz CT molecular complexity index is 1040. The molecule has 3 aromatic rings. The van der Waals surface area contributed by atoms with Crippen LogP contribution in [-0.4, -0.2) is 10.5 Å². The predicted molar refractivity (Wildman–Crippen MR) is 101 cm³/mol. The van der Waals surface area contributed by atoms with Gasteiger partial charge in [0.25, 0.3) is 5.56 Å². The normalized spacial score (nSPS) is 12.4. The fourth-order valence-corrected chi connectivity index (χ4v) is 2.80. The van der Waals surface area contributed by atoms with E-state index in [4.69, 9.17) is 0 Å². The van der Waals surface area contributed by atoms with Crippen molar-refractivity contribution < 1.29 is 18.0 Å². The van der Waals surface area contributed by atoms with Crippen LogP contribution in [0.2, 0.25) is 0 Å². The summed E-state index contributed by atoms with van der Waals surface area (Å²) in [5.74, 6) is -0.593. The summed E-state index contributed by atoms with van der Waals surface area (Å²) in [4.78, 5) is 24.7. The summed E-state index contributed by atoms with van der Waals surface area (Å²) in [7, 11) is 0. The molecule has 0 bridgehead atoms. The maximum Gasteiger partial charge on any atom is 0.417 e. The number of rotatable bonds is 4. The molecular formula is C21H17F3N2O2. The van der Waals surface area contributed by atoms with Gasteiger partial charge in [0.2, 0.25) is 5.91 Å². The van der Waals surface area contributed by atoms with Gasteiger partial charge < -0.3 is 9.88 Å². The summed E-state index contributed by atoms with van der Waals surface area (Å²) in [6.45, 7) is 1.38. The molecule has 1 heterocycles. The zero-order valence-corrected chi connectivity index (χ0v) is 14.9. The molecule has 3 rings (SSSR count). The summed E-state index contributed by atoms with van der Waals surface area (Å²) in [5.41, 5.74) is 0.469. The summed E-state index contributed by atoms with van der Waals surface area (Å²) in [6, 6.07) is 16.8. The largest absolute Gasteiger partial charge is 0.417 e. The van der Waals surface area contributed by atoms with Crippen LogP contribution in [0.5, 0.6) is 0 Å². The van der Waals surface area contributed by atoms with Crippen LogP contribution in [0, 0.1) is 0 Å². The van der Waals surface area contributed by atoms with E-state index in [1.807, 2.05) is 42.5 Å². The van der Waals surface area contributed by atoms with Crippen LogP contribution in [0.15, 0.2) is 77.7 Å². The zero-order valence-electron chi connectivity index (χ0n) is 14.9. The van der Waals surface area contributed by atoms with E-state index in [9.17, 15) is 22.8 Å². The molecule has 0 spiro atoms. The van der Waals surface area contributed by atoms with Crippen molar-refractivity contribution in [2.24, 2.45) is 0 Å². The zero-order chi connectivity index (χ0) is 20.3. The van der Waals surface area contributed by atoms with Crippen LogP contribution < -0.4 is 10.9 Å². The van der Waals surface area contributed by atoms with Crippen LogP contribution in [-0.2, 0) is 11.0 Å². The molecule has 0 fully saturated rings. The molecule has 0 aliphatic heterocycles. The number of pyridine rings is 1. The van der Waals surface area contributed by atoms with Crippen molar-refractivity contribution in [3.05, 3.63) is 88.8 Å². The molecule has 0 saturated heterocycles. The number of nitrogens with one attached hydrogen (secondary N) is 1. The maximum atomic E-state index is 12.9. The number of hydrogen-bond donors (Lipinski definition) is 1. The van der Waals surface area contributed by atoms with E-state index >= 15 is 0 Å². The average Bonchev–Trinajstić information content (AvgIpc) is 2.68. The Morgan fingerprint density at radius 3 is 2.29 bits per heavy atom. The molecule has 1 atom stereocenters. The molecule has 28 heavy (non-hydrogen) atoms. The first-order valence-corrected chi connectivity index (χ1v) is 8.52.